The lowest BCUT2D eigenvalue weighted by molar-refractivity contribution is -0.133. The second-order valence-electron chi connectivity index (χ2n) is 6.30. The normalized spacial score (nSPS) is 20.5. The molecule has 126 valence electrons. The van der Waals surface area contributed by atoms with Crippen LogP contribution in [0.5, 0.6) is 0 Å². The first-order chi connectivity index (χ1) is 11.4. The Morgan fingerprint density at radius 2 is 1.83 bits per heavy atom. The summed E-state index contributed by atoms with van der Waals surface area (Å²) in [5.74, 6) is -1.52. The number of halogens is 3. The maximum atomic E-state index is 13.4. The van der Waals surface area contributed by atoms with Crippen LogP contribution in [0.1, 0.15) is 36.4 Å². The largest absolute Gasteiger partial charge is 0.339 e. The Morgan fingerprint density at radius 1 is 1.17 bits per heavy atom. The van der Waals surface area contributed by atoms with E-state index in [-0.39, 0.29) is 23.8 Å². The summed E-state index contributed by atoms with van der Waals surface area (Å²) in [4.78, 5) is 14.3. The number of carbonyl (C=O) groups is 1. The van der Waals surface area contributed by atoms with E-state index in [4.69, 9.17) is 0 Å². The average molecular weight is 394 g/mol. The third-order valence-electron chi connectivity index (χ3n) is 4.76. The minimum atomic E-state index is -0.889. The Balaban J connectivity index is 1.69. The van der Waals surface area contributed by atoms with Gasteiger partial charge in [-0.2, -0.15) is 0 Å². The molecule has 3 atom stereocenters. The lowest BCUT2D eigenvalue weighted by Gasteiger charge is -2.25. The van der Waals surface area contributed by atoms with E-state index in [1.54, 1.807) is 11.9 Å². The molecule has 3 unspecified atom stereocenters. The summed E-state index contributed by atoms with van der Waals surface area (Å²) in [6.45, 7) is 1.82. The highest BCUT2D eigenvalue weighted by Crippen LogP contribution is 2.49. The summed E-state index contributed by atoms with van der Waals surface area (Å²) in [5, 5.41) is 0. The maximum Gasteiger partial charge on any atom is 0.226 e. The first-order valence-electron chi connectivity index (χ1n) is 7.85. The summed E-state index contributed by atoms with van der Waals surface area (Å²) in [7, 11) is 1.71. The van der Waals surface area contributed by atoms with E-state index in [1.807, 2.05) is 31.2 Å². The fourth-order valence-corrected chi connectivity index (χ4v) is 3.26. The summed E-state index contributed by atoms with van der Waals surface area (Å²) in [5.41, 5.74) is 1.75. The predicted molar refractivity (Wildman–Crippen MR) is 92.5 cm³/mol. The Kier molecular flexibility index (Phi) is 4.72. The second kappa shape index (κ2) is 6.63. The molecule has 0 aromatic heterocycles. The highest BCUT2D eigenvalue weighted by Gasteiger charge is 2.45. The van der Waals surface area contributed by atoms with Crippen molar-refractivity contribution in [3.05, 3.63) is 69.7 Å². The maximum absolute atomic E-state index is 13.4. The summed E-state index contributed by atoms with van der Waals surface area (Å²) in [6.07, 6.45) is 0.829. The highest BCUT2D eigenvalue weighted by molar-refractivity contribution is 9.10. The molecule has 1 saturated carbocycles. The molecule has 0 bridgehead atoms. The van der Waals surface area contributed by atoms with Crippen LogP contribution in [-0.4, -0.2) is 17.9 Å². The molecule has 0 spiro atoms. The van der Waals surface area contributed by atoms with Crippen molar-refractivity contribution >= 4 is 21.8 Å². The van der Waals surface area contributed by atoms with Gasteiger partial charge in [-0.15, -0.1) is 0 Å². The highest BCUT2D eigenvalue weighted by atomic mass is 79.9. The lowest BCUT2D eigenvalue weighted by Crippen LogP contribution is -2.31. The predicted octanol–water partition coefficient (Wildman–Crippen LogP) is 5.05. The average Bonchev–Trinajstić information content (AvgIpc) is 3.36. The van der Waals surface area contributed by atoms with Gasteiger partial charge in [0.1, 0.15) is 0 Å². The Bertz CT molecular complexity index is 762. The molecule has 1 amide bonds. The summed E-state index contributed by atoms with van der Waals surface area (Å²) >= 11 is 3.41. The van der Waals surface area contributed by atoms with Crippen molar-refractivity contribution in [2.45, 2.75) is 25.3 Å². The van der Waals surface area contributed by atoms with Crippen molar-refractivity contribution in [2.24, 2.45) is 5.92 Å². The number of hydrogen-bond acceptors (Lipinski definition) is 1. The number of carbonyl (C=O) groups excluding carboxylic acids is 1. The van der Waals surface area contributed by atoms with E-state index in [9.17, 15) is 13.6 Å². The van der Waals surface area contributed by atoms with Gasteiger partial charge in [0, 0.05) is 17.4 Å². The SMILES string of the molecule is CC(c1ccc(F)c(F)c1)N(C)C(=O)C1CC1c1ccc(Br)cc1. The first-order valence-corrected chi connectivity index (χ1v) is 8.65. The van der Waals surface area contributed by atoms with Crippen LogP contribution in [0, 0.1) is 17.6 Å². The third-order valence-corrected chi connectivity index (χ3v) is 5.29. The number of rotatable bonds is 4. The van der Waals surface area contributed by atoms with Gasteiger partial charge in [-0.3, -0.25) is 4.79 Å². The minimum Gasteiger partial charge on any atom is -0.339 e. The van der Waals surface area contributed by atoms with E-state index >= 15 is 0 Å². The van der Waals surface area contributed by atoms with Gasteiger partial charge in [0.2, 0.25) is 5.91 Å². The zero-order chi connectivity index (χ0) is 17.4. The molecule has 5 heteroatoms. The quantitative estimate of drug-likeness (QED) is 0.711. The number of amides is 1. The fraction of sp³-hybridized carbons (Fsp3) is 0.316. The number of nitrogens with zero attached hydrogens (tertiary/aromatic N) is 1. The molecule has 0 N–H and O–H groups in total. The molecule has 1 fully saturated rings. The molecular weight excluding hydrogens is 376 g/mol. The molecule has 3 rings (SSSR count). The summed E-state index contributed by atoms with van der Waals surface area (Å²) < 4.78 is 27.5. The number of benzene rings is 2. The van der Waals surface area contributed by atoms with Crippen LogP contribution in [-0.2, 0) is 4.79 Å². The zero-order valence-electron chi connectivity index (χ0n) is 13.5. The first kappa shape index (κ1) is 17.1. The van der Waals surface area contributed by atoms with Crippen molar-refractivity contribution in [1.82, 2.24) is 4.90 Å². The third kappa shape index (κ3) is 3.36. The van der Waals surface area contributed by atoms with E-state index in [0.29, 0.717) is 5.56 Å². The second-order valence-corrected chi connectivity index (χ2v) is 7.21. The van der Waals surface area contributed by atoms with Gasteiger partial charge in [-0.05, 0) is 54.7 Å². The van der Waals surface area contributed by atoms with E-state index in [0.717, 1.165) is 28.6 Å². The van der Waals surface area contributed by atoms with Crippen LogP contribution in [0.3, 0.4) is 0 Å². The van der Waals surface area contributed by atoms with Gasteiger partial charge in [0.05, 0.1) is 6.04 Å². The fourth-order valence-electron chi connectivity index (χ4n) is 2.99. The Labute approximate surface area is 148 Å². The molecule has 1 aliphatic carbocycles. The van der Waals surface area contributed by atoms with Crippen LogP contribution < -0.4 is 0 Å². The zero-order valence-corrected chi connectivity index (χ0v) is 15.1. The van der Waals surface area contributed by atoms with Gasteiger partial charge in [0.25, 0.3) is 0 Å². The Hall–Kier alpha value is -1.75. The van der Waals surface area contributed by atoms with E-state index in [2.05, 4.69) is 15.9 Å². The van der Waals surface area contributed by atoms with Crippen molar-refractivity contribution in [2.75, 3.05) is 7.05 Å². The molecule has 0 heterocycles. The molecule has 2 nitrogen and oxygen atoms in total. The van der Waals surface area contributed by atoms with Crippen molar-refractivity contribution in [3.8, 4) is 0 Å². The molecule has 24 heavy (non-hydrogen) atoms. The van der Waals surface area contributed by atoms with Gasteiger partial charge < -0.3 is 4.90 Å². The van der Waals surface area contributed by atoms with E-state index < -0.39 is 11.6 Å². The molecule has 0 saturated heterocycles. The van der Waals surface area contributed by atoms with Crippen LogP contribution in [0.4, 0.5) is 8.78 Å². The minimum absolute atomic E-state index is 0.0380. The smallest absolute Gasteiger partial charge is 0.226 e. The van der Waals surface area contributed by atoms with Crippen LogP contribution in [0.15, 0.2) is 46.9 Å². The molecule has 0 radical (unpaired) electrons. The molecular formula is C19H18BrF2NO. The van der Waals surface area contributed by atoms with E-state index in [1.165, 1.54) is 6.07 Å². The van der Waals surface area contributed by atoms with Crippen LogP contribution in [0.25, 0.3) is 0 Å². The van der Waals surface area contributed by atoms with Gasteiger partial charge in [-0.1, -0.05) is 34.1 Å². The topological polar surface area (TPSA) is 20.3 Å². The standard InChI is InChI=1S/C19H18BrF2NO/c1-11(13-5-8-17(21)18(22)9-13)23(2)19(24)16-10-15(16)12-3-6-14(20)7-4-12/h3-9,11,15-16H,10H2,1-2H3. The summed E-state index contributed by atoms with van der Waals surface area (Å²) in [6, 6.07) is 11.5. The van der Waals surface area contributed by atoms with Crippen molar-refractivity contribution in [3.63, 3.8) is 0 Å². The Morgan fingerprint density at radius 3 is 2.46 bits per heavy atom. The van der Waals surface area contributed by atoms with Gasteiger partial charge in [0.15, 0.2) is 11.6 Å². The van der Waals surface area contributed by atoms with Crippen molar-refractivity contribution in [1.29, 1.82) is 0 Å². The molecule has 1 aliphatic rings. The van der Waals surface area contributed by atoms with Crippen LogP contribution >= 0.6 is 15.9 Å². The van der Waals surface area contributed by atoms with Gasteiger partial charge >= 0.3 is 0 Å². The molecule has 0 aliphatic heterocycles. The van der Waals surface area contributed by atoms with Gasteiger partial charge in [-0.25, -0.2) is 8.78 Å². The molecule has 2 aromatic carbocycles. The lowest BCUT2D eigenvalue weighted by atomic mass is 10.1. The molecule has 2 aromatic rings. The monoisotopic (exact) mass is 393 g/mol. The van der Waals surface area contributed by atoms with Crippen molar-refractivity contribution < 1.29 is 13.6 Å². The number of hydrogen-bond donors (Lipinski definition) is 0. The van der Waals surface area contributed by atoms with Crippen LogP contribution in [0.2, 0.25) is 0 Å².